The van der Waals surface area contributed by atoms with Crippen LogP contribution >= 0.6 is 0 Å². The minimum absolute atomic E-state index is 0.0953. The predicted octanol–water partition coefficient (Wildman–Crippen LogP) is 5.03. The zero-order valence-corrected chi connectivity index (χ0v) is 22.7. The van der Waals surface area contributed by atoms with Gasteiger partial charge in [-0.15, -0.1) is 0 Å². The summed E-state index contributed by atoms with van der Waals surface area (Å²) in [6.45, 7) is 5.77. The Hall–Kier alpha value is -3.88. The molecule has 1 aliphatic carbocycles. The highest BCUT2D eigenvalue weighted by atomic mass is 16.5. The van der Waals surface area contributed by atoms with Crippen molar-refractivity contribution in [1.82, 2.24) is 4.90 Å². The van der Waals surface area contributed by atoms with Crippen LogP contribution in [0.2, 0.25) is 0 Å². The van der Waals surface area contributed by atoms with E-state index in [1.54, 1.807) is 12.1 Å². The molecule has 0 spiro atoms. The molecule has 0 aromatic heterocycles. The van der Waals surface area contributed by atoms with Crippen LogP contribution in [0.1, 0.15) is 47.2 Å². The SMILES string of the molecule is CC[C@]1(N)C[C@H]1c1ccc(NC(=O)c2ccc(N3CCN(C)CC3)c(NC(=O)OCc3ccccc3)c2)cc1. The zero-order chi connectivity index (χ0) is 27.4. The van der Waals surface area contributed by atoms with Crippen molar-refractivity contribution in [2.75, 3.05) is 48.8 Å². The Labute approximate surface area is 230 Å². The molecule has 2 aliphatic rings. The van der Waals surface area contributed by atoms with E-state index in [0.29, 0.717) is 22.9 Å². The van der Waals surface area contributed by atoms with Gasteiger partial charge in [0.15, 0.2) is 0 Å². The van der Waals surface area contributed by atoms with Crippen molar-refractivity contribution in [3.63, 3.8) is 0 Å². The molecule has 0 unspecified atom stereocenters. The summed E-state index contributed by atoms with van der Waals surface area (Å²) in [6, 6.07) is 22.9. The second-order valence-corrected chi connectivity index (χ2v) is 10.6. The van der Waals surface area contributed by atoms with Crippen molar-refractivity contribution in [3.05, 3.63) is 89.5 Å². The topological polar surface area (TPSA) is 99.9 Å². The molecule has 5 rings (SSSR count). The van der Waals surface area contributed by atoms with Gasteiger partial charge >= 0.3 is 6.09 Å². The van der Waals surface area contributed by atoms with Crippen molar-refractivity contribution in [2.45, 2.75) is 37.8 Å². The predicted molar refractivity (Wildman–Crippen MR) is 155 cm³/mol. The van der Waals surface area contributed by atoms with Crippen LogP contribution in [0.15, 0.2) is 72.8 Å². The number of likely N-dealkylation sites (N-methyl/N-ethyl adjacent to an activating group) is 1. The van der Waals surface area contributed by atoms with E-state index in [0.717, 1.165) is 50.3 Å². The zero-order valence-electron chi connectivity index (χ0n) is 22.7. The molecule has 8 heteroatoms. The number of rotatable bonds is 8. The monoisotopic (exact) mass is 527 g/mol. The van der Waals surface area contributed by atoms with Crippen LogP contribution in [-0.4, -0.2) is 55.7 Å². The average molecular weight is 528 g/mol. The molecule has 204 valence electrons. The van der Waals surface area contributed by atoms with Crippen LogP contribution in [0.5, 0.6) is 0 Å². The van der Waals surface area contributed by atoms with Crippen molar-refractivity contribution >= 4 is 29.1 Å². The standard InChI is InChI=1S/C31H37N5O3/c1-3-31(32)20-26(31)23-9-12-25(13-10-23)33-29(37)24-11-14-28(36-17-15-35(2)16-18-36)27(19-24)34-30(38)39-21-22-7-5-4-6-8-22/h4-14,19,26H,3,15-18,20-21,32H2,1-2H3,(H,33,37)(H,34,38)/t26-,31-/m0/s1. The summed E-state index contributed by atoms with van der Waals surface area (Å²) >= 11 is 0. The van der Waals surface area contributed by atoms with Gasteiger partial charge in [0.05, 0.1) is 11.4 Å². The van der Waals surface area contributed by atoms with Crippen LogP contribution in [0.4, 0.5) is 21.9 Å². The molecule has 3 aromatic carbocycles. The van der Waals surface area contributed by atoms with Crippen LogP contribution in [0.3, 0.4) is 0 Å². The summed E-state index contributed by atoms with van der Waals surface area (Å²) in [6.07, 6.45) is 1.39. The maximum Gasteiger partial charge on any atom is 0.412 e. The molecule has 3 aromatic rings. The fourth-order valence-electron chi connectivity index (χ4n) is 5.13. The van der Waals surface area contributed by atoms with Gasteiger partial charge in [-0.25, -0.2) is 4.79 Å². The number of amides is 2. The maximum atomic E-state index is 13.2. The van der Waals surface area contributed by atoms with Gasteiger partial charge in [0.2, 0.25) is 0 Å². The number of hydrogen-bond acceptors (Lipinski definition) is 6. The van der Waals surface area contributed by atoms with E-state index in [9.17, 15) is 9.59 Å². The molecular weight excluding hydrogens is 490 g/mol. The number of carbonyl (C=O) groups is 2. The number of hydrogen-bond donors (Lipinski definition) is 3. The van der Waals surface area contributed by atoms with E-state index in [-0.39, 0.29) is 18.1 Å². The Morgan fingerprint density at radius 2 is 1.69 bits per heavy atom. The quantitative estimate of drug-likeness (QED) is 0.380. The summed E-state index contributed by atoms with van der Waals surface area (Å²) < 4.78 is 5.46. The van der Waals surface area contributed by atoms with Gasteiger partial charge in [0.1, 0.15) is 6.61 Å². The van der Waals surface area contributed by atoms with Gasteiger partial charge in [0.25, 0.3) is 5.91 Å². The highest BCUT2D eigenvalue weighted by Crippen LogP contribution is 2.51. The number of nitrogens with one attached hydrogen (secondary N) is 2. The number of benzene rings is 3. The molecule has 4 N–H and O–H groups in total. The fourth-order valence-corrected chi connectivity index (χ4v) is 5.13. The summed E-state index contributed by atoms with van der Waals surface area (Å²) in [7, 11) is 2.10. The number of nitrogens with zero attached hydrogens (tertiary/aromatic N) is 2. The highest BCUT2D eigenvalue weighted by molar-refractivity contribution is 6.06. The smallest absolute Gasteiger partial charge is 0.412 e. The van der Waals surface area contributed by atoms with Crippen molar-refractivity contribution < 1.29 is 14.3 Å². The number of piperazine rings is 1. The average Bonchev–Trinajstić information content (AvgIpc) is 3.65. The Balaban J connectivity index is 1.29. The molecule has 2 fully saturated rings. The van der Waals surface area contributed by atoms with Crippen molar-refractivity contribution in [1.29, 1.82) is 0 Å². The second-order valence-electron chi connectivity index (χ2n) is 10.6. The number of anilines is 3. The van der Waals surface area contributed by atoms with Gasteiger partial charge in [-0.3, -0.25) is 10.1 Å². The first-order valence-corrected chi connectivity index (χ1v) is 13.6. The molecule has 1 heterocycles. The van der Waals surface area contributed by atoms with E-state index in [4.69, 9.17) is 10.5 Å². The first kappa shape index (κ1) is 26.7. The molecule has 0 bridgehead atoms. The summed E-state index contributed by atoms with van der Waals surface area (Å²) in [5.41, 5.74) is 11.0. The number of nitrogens with two attached hydrogens (primary N) is 1. The summed E-state index contributed by atoms with van der Waals surface area (Å²) in [4.78, 5) is 30.4. The number of carbonyl (C=O) groups excluding carboxylic acids is 2. The molecule has 2 atom stereocenters. The molecule has 1 saturated carbocycles. The van der Waals surface area contributed by atoms with Crippen LogP contribution in [-0.2, 0) is 11.3 Å². The minimum atomic E-state index is -0.564. The van der Waals surface area contributed by atoms with Gasteiger partial charge in [-0.2, -0.15) is 0 Å². The van der Waals surface area contributed by atoms with E-state index in [1.165, 1.54) is 5.56 Å². The van der Waals surface area contributed by atoms with E-state index >= 15 is 0 Å². The lowest BCUT2D eigenvalue weighted by Crippen LogP contribution is -2.44. The normalized spacial score (nSPS) is 20.8. The summed E-state index contributed by atoms with van der Waals surface area (Å²) in [5, 5.41) is 5.86. The van der Waals surface area contributed by atoms with E-state index < -0.39 is 6.09 Å². The van der Waals surface area contributed by atoms with Crippen LogP contribution in [0.25, 0.3) is 0 Å². The lowest BCUT2D eigenvalue weighted by atomic mass is 10.0. The molecule has 8 nitrogen and oxygen atoms in total. The lowest BCUT2D eigenvalue weighted by molar-refractivity contribution is 0.102. The van der Waals surface area contributed by atoms with Crippen LogP contribution < -0.4 is 21.3 Å². The van der Waals surface area contributed by atoms with Crippen LogP contribution in [0, 0.1) is 0 Å². The Morgan fingerprint density at radius 1 is 0.974 bits per heavy atom. The van der Waals surface area contributed by atoms with E-state index in [2.05, 4.69) is 34.4 Å². The summed E-state index contributed by atoms with van der Waals surface area (Å²) in [5.74, 6) is 0.131. The lowest BCUT2D eigenvalue weighted by Gasteiger charge is -2.35. The first-order valence-electron chi connectivity index (χ1n) is 13.6. The first-order chi connectivity index (χ1) is 18.8. The third kappa shape index (κ3) is 6.41. The van der Waals surface area contributed by atoms with Gasteiger partial charge in [-0.05, 0) is 61.3 Å². The third-order valence-electron chi connectivity index (χ3n) is 7.90. The van der Waals surface area contributed by atoms with Crippen molar-refractivity contribution in [3.8, 4) is 0 Å². The highest BCUT2D eigenvalue weighted by Gasteiger charge is 2.49. The Morgan fingerprint density at radius 3 is 2.36 bits per heavy atom. The maximum absolute atomic E-state index is 13.2. The van der Waals surface area contributed by atoms with E-state index in [1.807, 2.05) is 60.7 Å². The Kier molecular flexibility index (Phi) is 7.86. The molecule has 1 aliphatic heterocycles. The van der Waals surface area contributed by atoms with Gasteiger partial charge in [0, 0.05) is 48.9 Å². The molecule has 2 amide bonds. The number of ether oxygens (including phenoxy) is 1. The second kappa shape index (κ2) is 11.5. The largest absolute Gasteiger partial charge is 0.444 e. The fraction of sp³-hybridized carbons (Fsp3) is 0.355. The van der Waals surface area contributed by atoms with Gasteiger partial charge < -0.3 is 25.6 Å². The molecular formula is C31H37N5O3. The molecule has 39 heavy (non-hydrogen) atoms. The molecule has 0 radical (unpaired) electrons. The van der Waals surface area contributed by atoms with Gasteiger partial charge in [-0.1, -0.05) is 49.4 Å². The third-order valence-corrected chi connectivity index (χ3v) is 7.90. The Bertz CT molecular complexity index is 1310. The molecule has 1 saturated heterocycles. The minimum Gasteiger partial charge on any atom is -0.444 e. The van der Waals surface area contributed by atoms with Crippen molar-refractivity contribution in [2.24, 2.45) is 5.73 Å².